The highest BCUT2D eigenvalue weighted by Gasteiger charge is 2.24. The van der Waals surface area contributed by atoms with Crippen molar-refractivity contribution in [2.24, 2.45) is 5.92 Å². The number of aromatic nitrogens is 4. The molecule has 2 aromatic rings. The first-order valence-corrected chi connectivity index (χ1v) is 7.56. The molecule has 1 atom stereocenters. The first-order chi connectivity index (χ1) is 10.3. The largest absolute Gasteiger partial charge is 0.399 e. The Morgan fingerprint density at radius 2 is 2.10 bits per heavy atom. The van der Waals surface area contributed by atoms with Crippen molar-refractivity contribution in [1.29, 1.82) is 0 Å². The molecule has 1 aromatic heterocycles. The van der Waals surface area contributed by atoms with Gasteiger partial charge in [0.05, 0.1) is 6.04 Å². The van der Waals surface area contributed by atoms with Gasteiger partial charge in [0.2, 0.25) is 5.82 Å². The molecular weight excluding hydrogens is 262 g/mol. The molecule has 1 fully saturated rings. The lowest BCUT2D eigenvalue weighted by atomic mass is 9.84. The van der Waals surface area contributed by atoms with Gasteiger partial charge in [-0.05, 0) is 36.1 Å². The van der Waals surface area contributed by atoms with Crippen LogP contribution >= 0.6 is 0 Å². The van der Waals surface area contributed by atoms with E-state index in [-0.39, 0.29) is 6.04 Å². The molecule has 5 nitrogen and oxygen atoms in total. The molecule has 0 aliphatic heterocycles. The van der Waals surface area contributed by atoms with Crippen LogP contribution in [0.5, 0.6) is 0 Å². The summed E-state index contributed by atoms with van der Waals surface area (Å²) in [5, 5.41) is 12.9. The molecule has 1 aliphatic carbocycles. The molecule has 0 amide bonds. The van der Waals surface area contributed by atoms with E-state index in [9.17, 15) is 0 Å². The predicted molar refractivity (Wildman–Crippen MR) is 83.5 cm³/mol. The minimum Gasteiger partial charge on any atom is -0.399 e. The van der Waals surface area contributed by atoms with Crippen molar-refractivity contribution in [2.75, 3.05) is 5.73 Å². The Labute approximate surface area is 124 Å². The Morgan fingerprint density at radius 3 is 2.81 bits per heavy atom. The van der Waals surface area contributed by atoms with Crippen LogP contribution in [0.2, 0.25) is 0 Å². The van der Waals surface area contributed by atoms with Gasteiger partial charge in [0.25, 0.3) is 0 Å². The number of tetrazole rings is 1. The molecule has 1 saturated carbocycles. The lowest BCUT2D eigenvalue weighted by molar-refractivity contribution is 0.254. The van der Waals surface area contributed by atoms with Crippen molar-refractivity contribution in [2.45, 2.75) is 38.1 Å². The maximum absolute atomic E-state index is 5.81. The number of benzene rings is 1. The predicted octanol–water partition coefficient (Wildman–Crippen LogP) is 3.23. The van der Waals surface area contributed by atoms with Crippen LogP contribution in [0.15, 0.2) is 36.9 Å². The zero-order valence-corrected chi connectivity index (χ0v) is 12.2. The quantitative estimate of drug-likeness (QED) is 0.691. The van der Waals surface area contributed by atoms with E-state index >= 15 is 0 Å². The average molecular weight is 283 g/mol. The minimum atomic E-state index is 0.132. The third-order valence-electron chi connectivity index (χ3n) is 4.21. The van der Waals surface area contributed by atoms with E-state index in [1.54, 1.807) is 4.80 Å². The summed E-state index contributed by atoms with van der Waals surface area (Å²) in [6.45, 7) is 3.96. The fourth-order valence-corrected chi connectivity index (χ4v) is 3.10. The number of hydrogen-bond acceptors (Lipinski definition) is 4. The Hall–Kier alpha value is -2.17. The Balaban J connectivity index is 1.84. The van der Waals surface area contributed by atoms with Crippen molar-refractivity contribution in [3.63, 3.8) is 0 Å². The number of nitrogens with two attached hydrogens (primary N) is 1. The molecule has 0 saturated heterocycles. The van der Waals surface area contributed by atoms with Gasteiger partial charge in [-0.1, -0.05) is 37.5 Å². The van der Waals surface area contributed by atoms with Gasteiger partial charge < -0.3 is 5.73 Å². The molecular formula is C16H21N5. The number of hydrogen-bond donors (Lipinski definition) is 1. The minimum absolute atomic E-state index is 0.132. The number of nitrogens with zero attached hydrogens (tertiary/aromatic N) is 4. The number of rotatable bonds is 4. The molecule has 0 bridgehead atoms. The molecule has 0 spiro atoms. The molecule has 0 unspecified atom stereocenters. The summed E-state index contributed by atoms with van der Waals surface area (Å²) in [7, 11) is 0. The second-order valence-corrected chi connectivity index (χ2v) is 5.68. The smallest absolute Gasteiger partial charge is 0.205 e. The Kier molecular flexibility index (Phi) is 3.99. The summed E-state index contributed by atoms with van der Waals surface area (Å²) < 4.78 is 0. The fraction of sp³-hybridized carbons (Fsp3) is 0.438. The van der Waals surface area contributed by atoms with Crippen LogP contribution in [0.1, 0.15) is 38.1 Å². The first-order valence-electron chi connectivity index (χ1n) is 7.56. The molecule has 1 heterocycles. The topological polar surface area (TPSA) is 69.6 Å². The fourth-order valence-electron chi connectivity index (χ4n) is 3.10. The molecule has 3 rings (SSSR count). The molecule has 0 radical (unpaired) electrons. The van der Waals surface area contributed by atoms with Gasteiger partial charge in [0, 0.05) is 11.3 Å². The summed E-state index contributed by atoms with van der Waals surface area (Å²) in [6.07, 6.45) is 8.27. The maximum atomic E-state index is 5.81. The molecule has 1 aliphatic rings. The van der Waals surface area contributed by atoms with E-state index < -0.39 is 0 Å². The summed E-state index contributed by atoms with van der Waals surface area (Å²) in [4.78, 5) is 1.71. The SMILES string of the molecule is C=C[C@@H](C1CCCCC1)n1nnc(-c2cccc(N)c2)n1. The second kappa shape index (κ2) is 6.08. The highest BCUT2D eigenvalue weighted by atomic mass is 15.6. The monoisotopic (exact) mass is 283 g/mol. The third kappa shape index (κ3) is 2.96. The summed E-state index contributed by atoms with van der Waals surface area (Å²) >= 11 is 0. The average Bonchev–Trinajstić information content (AvgIpc) is 2.99. The van der Waals surface area contributed by atoms with Crippen LogP contribution in [0.25, 0.3) is 11.4 Å². The Morgan fingerprint density at radius 1 is 1.29 bits per heavy atom. The van der Waals surface area contributed by atoms with E-state index in [4.69, 9.17) is 5.73 Å². The van der Waals surface area contributed by atoms with Gasteiger partial charge in [-0.25, -0.2) is 0 Å². The zero-order valence-electron chi connectivity index (χ0n) is 12.2. The van der Waals surface area contributed by atoms with Crippen LogP contribution in [-0.4, -0.2) is 20.2 Å². The van der Waals surface area contributed by atoms with Crippen LogP contribution in [-0.2, 0) is 0 Å². The zero-order chi connectivity index (χ0) is 14.7. The van der Waals surface area contributed by atoms with Crippen molar-refractivity contribution >= 4 is 5.69 Å². The van der Waals surface area contributed by atoms with Crippen LogP contribution < -0.4 is 5.73 Å². The van der Waals surface area contributed by atoms with Crippen molar-refractivity contribution in [1.82, 2.24) is 20.2 Å². The van der Waals surface area contributed by atoms with Crippen LogP contribution in [0.3, 0.4) is 0 Å². The molecule has 2 N–H and O–H groups in total. The van der Waals surface area contributed by atoms with Crippen molar-refractivity contribution in [3.05, 3.63) is 36.9 Å². The van der Waals surface area contributed by atoms with Gasteiger partial charge in [-0.3, -0.25) is 0 Å². The summed E-state index contributed by atoms with van der Waals surface area (Å²) in [5.41, 5.74) is 7.41. The summed E-state index contributed by atoms with van der Waals surface area (Å²) in [5.74, 6) is 1.18. The van der Waals surface area contributed by atoms with Crippen LogP contribution in [0.4, 0.5) is 5.69 Å². The van der Waals surface area contributed by atoms with E-state index in [1.807, 2.05) is 30.3 Å². The van der Waals surface area contributed by atoms with E-state index in [0.29, 0.717) is 17.4 Å². The first kappa shape index (κ1) is 13.8. The number of anilines is 1. The number of allylic oxidation sites excluding steroid dienone is 1. The van der Waals surface area contributed by atoms with Gasteiger partial charge >= 0.3 is 0 Å². The number of nitrogen functional groups attached to an aromatic ring is 1. The molecule has 5 heteroatoms. The third-order valence-corrected chi connectivity index (χ3v) is 4.21. The lowest BCUT2D eigenvalue weighted by Gasteiger charge is -2.26. The lowest BCUT2D eigenvalue weighted by Crippen LogP contribution is -2.22. The maximum Gasteiger partial charge on any atom is 0.205 e. The highest BCUT2D eigenvalue weighted by Crippen LogP contribution is 2.33. The second-order valence-electron chi connectivity index (χ2n) is 5.68. The van der Waals surface area contributed by atoms with E-state index in [0.717, 1.165) is 5.56 Å². The van der Waals surface area contributed by atoms with E-state index in [2.05, 4.69) is 22.0 Å². The van der Waals surface area contributed by atoms with Crippen molar-refractivity contribution < 1.29 is 0 Å². The van der Waals surface area contributed by atoms with Gasteiger partial charge in [0.1, 0.15) is 0 Å². The molecule has 21 heavy (non-hydrogen) atoms. The standard InChI is InChI=1S/C16H21N5/c1-2-15(12-7-4-3-5-8-12)21-19-16(18-20-21)13-9-6-10-14(17)11-13/h2,6,9-12,15H,1,3-5,7-8,17H2/t15-/m0/s1. The van der Waals surface area contributed by atoms with Gasteiger partial charge in [-0.2, -0.15) is 4.80 Å². The van der Waals surface area contributed by atoms with Crippen molar-refractivity contribution in [3.8, 4) is 11.4 Å². The molecule has 110 valence electrons. The normalized spacial score (nSPS) is 17.5. The highest BCUT2D eigenvalue weighted by molar-refractivity contribution is 5.60. The van der Waals surface area contributed by atoms with Gasteiger partial charge in [0.15, 0.2) is 0 Å². The molecule has 1 aromatic carbocycles. The van der Waals surface area contributed by atoms with Gasteiger partial charge in [-0.15, -0.1) is 16.8 Å². The Bertz CT molecular complexity index is 613. The summed E-state index contributed by atoms with van der Waals surface area (Å²) in [6, 6.07) is 7.69. The van der Waals surface area contributed by atoms with E-state index in [1.165, 1.54) is 32.1 Å². The van der Waals surface area contributed by atoms with Crippen LogP contribution in [0, 0.1) is 5.92 Å².